The first-order valence-electron chi connectivity index (χ1n) is 5.94. The Kier molecular flexibility index (Phi) is 3.80. The molecular formula is C13H11N3O6. The van der Waals surface area contributed by atoms with Crippen LogP contribution in [0.1, 0.15) is 31.2 Å². The van der Waals surface area contributed by atoms with Crippen molar-refractivity contribution < 1.29 is 29.7 Å². The Morgan fingerprint density at radius 3 is 2.36 bits per heavy atom. The highest BCUT2D eigenvalue weighted by Gasteiger charge is 2.22. The van der Waals surface area contributed by atoms with Gasteiger partial charge in [-0.25, -0.2) is 9.59 Å². The van der Waals surface area contributed by atoms with E-state index in [4.69, 9.17) is 10.2 Å². The van der Waals surface area contributed by atoms with Crippen molar-refractivity contribution in [1.29, 1.82) is 0 Å². The fraction of sp³-hybridized carbons (Fsp3) is 0.0769. The lowest BCUT2D eigenvalue weighted by Crippen LogP contribution is -2.19. The van der Waals surface area contributed by atoms with E-state index in [1.54, 1.807) is 0 Å². The third-order valence-electron chi connectivity index (χ3n) is 2.87. The normalized spacial score (nSPS) is 10.2. The second-order valence-corrected chi connectivity index (χ2v) is 4.33. The minimum absolute atomic E-state index is 0.0951. The van der Waals surface area contributed by atoms with Gasteiger partial charge in [-0.2, -0.15) is 5.10 Å². The van der Waals surface area contributed by atoms with Gasteiger partial charge in [0.15, 0.2) is 0 Å². The SMILES string of the molecule is Cn1ncc(C(=O)O)c1C(=O)Nc1ccc(O)c(C(=O)O)c1. The summed E-state index contributed by atoms with van der Waals surface area (Å²) in [5.41, 5.74) is -0.756. The van der Waals surface area contributed by atoms with Crippen LogP contribution in [0.25, 0.3) is 0 Å². The lowest BCUT2D eigenvalue weighted by Gasteiger charge is -2.08. The average molecular weight is 305 g/mol. The van der Waals surface area contributed by atoms with E-state index in [2.05, 4.69) is 10.4 Å². The van der Waals surface area contributed by atoms with Crippen molar-refractivity contribution in [2.75, 3.05) is 5.32 Å². The molecule has 114 valence electrons. The molecule has 0 atom stereocenters. The highest BCUT2D eigenvalue weighted by Crippen LogP contribution is 2.22. The van der Waals surface area contributed by atoms with Crippen LogP contribution in [0, 0.1) is 0 Å². The number of phenols is 1. The van der Waals surface area contributed by atoms with Crippen LogP contribution in [0.3, 0.4) is 0 Å². The molecule has 2 aromatic rings. The minimum Gasteiger partial charge on any atom is -0.507 e. The summed E-state index contributed by atoms with van der Waals surface area (Å²) in [4.78, 5) is 34.1. The Morgan fingerprint density at radius 2 is 1.77 bits per heavy atom. The molecule has 0 aliphatic carbocycles. The summed E-state index contributed by atoms with van der Waals surface area (Å²) in [6.45, 7) is 0. The van der Waals surface area contributed by atoms with Gasteiger partial charge in [-0.1, -0.05) is 0 Å². The highest BCUT2D eigenvalue weighted by atomic mass is 16.4. The van der Waals surface area contributed by atoms with Gasteiger partial charge in [-0.3, -0.25) is 9.48 Å². The minimum atomic E-state index is -1.36. The Morgan fingerprint density at radius 1 is 1.14 bits per heavy atom. The Hall–Kier alpha value is -3.36. The van der Waals surface area contributed by atoms with Crippen molar-refractivity contribution in [3.63, 3.8) is 0 Å². The van der Waals surface area contributed by atoms with Crippen molar-refractivity contribution in [2.45, 2.75) is 0 Å². The smallest absolute Gasteiger partial charge is 0.339 e. The summed E-state index contributed by atoms with van der Waals surface area (Å²) < 4.78 is 1.09. The number of nitrogens with zero attached hydrogens (tertiary/aromatic N) is 2. The fourth-order valence-electron chi connectivity index (χ4n) is 1.84. The summed E-state index contributed by atoms with van der Waals surface area (Å²) >= 11 is 0. The molecule has 9 nitrogen and oxygen atoms in total. The first-order valence-corrected chi connectivity index (χ1v) is 5.94. The van der Waals surface area contributed by atoms with Crippen LogP contribution in [0.4, 0.5) is 5.69 Å². The summed E-state index contributed by atoms with van der Waals surface area (Å²) in [6, 6.07) is 3.46. The van der Waals surface area contributed by atoms with E-state index < -0.39 is 23.6 Å². The number of hydrogen-bond acceptors (Lipinski definition) is 5. The van der Waals surface area contributed by atoms with Gasteiger partial charge in [-0.05, 0) is 18.2 Å². The first-order chi connectivity index (χ1) is 10.3. The summed E-state index contributed by atoms with van der Waals surface area (Å²) in [7, 11) is 1.40. The molecule has 2 rings (SSSR count). The number of aromatic hydroxyl groups is 1. The number of aromatic nitrogens is 2. The molecule has 1 heterocycles. The molecule has 0 radical (unpaired) electrons. The van der Waals surface area contributed by atoms with E-state index in [-0.39, 0.29) is 22.5 Å². The fourth-order valence-corrected chi connectivity index (χ4v) is 1.84. The van der Waals surface area contributed by atoms with E-state index in [9.17, 15) is 19.5 Å². The molecule has 0 saturated heterocycles. The molecule has 0 bridgehead atoms. The maximum Gasteiger partial charge on any atom is 0.339 e. The van der Waals surface area contributed by atoms with Crippen LogP contribution in [0.2, 0.25) is 0 Å². The van der Waals surface area contributed by atoms with Crippen molar-refractivity contribution in [3.8, 4) is 5.75 Å². The Labute approximate surface area is 123 Å². The topological polar surface area (TPSA) is 142 Å². The van der Waals surface area contributed by atoms with Gasteiger partial charge in [0.25, 0.3) is 5.91 Å². The number of aromatic carboxylic acids is 2. The zero-order valence-electron chi connectivity index (χ0n) is 11.3. The van der Waals surface area contributed by atoms with Gasteiger partial charge in [0.1, 0.15) is 22.6 Å². The number of carboxylic acids is 2. The molecule has 22 heavy (non-hydrogen) atoms. The Balaban J connectivity index is 2.34. The van der Waals surface area contributed by atoms with Crippen LogP contribution < -0.4 is 5.32 Å². The number of nitrogens with one attached hydrogen (secondary N) is 1. The lowest BCUT2D eigenvalue weighted by atomic mass is 10.1. The van der Waals surface area contributed by atoms with E-state index in [0.717, 1.165) is 23.0 Å². The van der Waals surface area contributed by atoms with E-state index in [1.807, 2.05) is 0 Å². The molecule has 1 aromatic heterocycles. The summed E-state index contributed by atoms with van der Waals surface area (Å²) in [5.74, 6) is -3.88. The molecular weight excluding hydrogens is 294 g/mol. The molecule has 0 fully saturated rings. The largest absolute Gasteiger partial charge is 0.507 e. The maximum absolute atomic E-state index is 12.1. The molecule has 4 N–H and O–H groups in total. The van der Waals surface area contributed by atoms with Crippen molar-refractivity contribution in [1.82, 2.24) is 9.78 Å². The number of anilines is 1. The van der Waals surface area contributed by atoms with Crippen molar-refractivity contribution in [2.24, 2.45) is 7.05 Å². The third-order valence-corrected chi connectivity index (χ3v) is 2.87. The summed E-state index contributed by atoms with van der Waals surface area (Å²) in [5, 5.41) is 33.4. The molecule has 1 aromatic carbocycles. The maximum atomic E-state index is 12.1. The number of carbonyl (C=O) groups excluding carboxylic acids is 1. The van der Waals surface area contributed by atoms with Gasteiger partial charge in [-0.15, -0.1) is 0 Å². The highest BCUT2D eigenvalue weighted by molar-refractivity contribution is 6.09. The number of benzene rings is 1. The van der Waals surface area contributed by atoms with Crippen molar-refractivity contribution >= 4 is 23.5 Å². The molecule has 0 spiro atoms. The number of rotatable bonds is 4. The second kappa shape index (κ2) is 5.56. The Bertz CT molecular complexity index is 780. The predicted molar refractivity (Wildman–Crippen MR) is 73.2 cm³/mol. The molecule has 0 saturated carbocycles. The molecule has 0 aliphatic heterocycles. The average Bonchev–Trinajstić information content (AvgIpc) is 2.82. The lowest BCUT2D eigenvalue weighted by molar-refractivity contribution is 0.0683. The van der Waals surface area contributed by atoms with E-state index in [1.165, 1.54) is 13.1 Å². The predicted octanol–water partition coefficient (Wildman–Crippen LogP) is 0.774. The van der Waals surface area contributed by atoms with Gasteiger partial charge in [0, 0.05) is 12.7 Å². The quantitative estimate of drug-likeness (QED) is 0.611. The van der Waals surface area contributed by atoms with Gasteiger partial charge in [0.05, 0.1) is 6.20 Å². The van der Waals surface area contributed by atoms with Crippen LogP contribution in [0.5, 0.6) is 5.75 Å². The van der Waals surface area contributed by atoms with Crippen LogP contribution in [-0.4, -0.2) is 42.9 Å². The number of hydrogen-bond donors (Lipinski definition) is 4. The molecule has 0 unspecified atom stereocenters. The van der Waals surface area contributed by atoms with Gasteiger partial charge in [0.2, 0.25) is 0 Å². The van der Waals surface area contributed by atoms with Crippen molar-refractivity contribution in [3.05, 3.63) is 41.2 Å². The molecule has 9 heteroatoms. The van der Waals surface area contributed by atoms with Gasteiger partial charge < -0.3 is 20.6 Å². The summed E-state index contributed by atoms with van der Waals surface area (Å²) in [6.07, 6.45) is 1.04. The molecule has 0 aliphatic rings. The number of aryl methyl sites for hydroxylation is 1. The standard InChI is InChI=1S/C13H11N3O6/c1-16-10(8(5-14-16)13(21)22)11(18)15-6-2-3-9(17)7(4-6)12(19)20/h2-5,17H,1H3,(H,15,18)(H,19,20)(H,21,22). The van der Waals surface area contributed by atoms with E-state index in [0.29, 0.717) is 0 Å². The van der Waals surface area contributed by atoms with Gasteiger partial charge >= 0.3 is 11.9 Å². The third kappa shape index (κ3) is 2.73. The number of carbonyl (C=O) groups is 3. The zero-order chi connectivity index (χ0) is 16.4. The van der Waals surface area contributed by atoms with E-state index >= 15 is 0 Å². The second-order valence-electron chi connectivity index (χ2n) is 4.33. The van der Waals surface area contributed by atoms with Crippen LogP contribution >= 0.6 is 0 Å². The first kappa shape index (κ1) is 15.0. The number of carboxylic acid groups (broad SMARTS) is 2. The monoisotopic (exact) mass is 305 g/mol. The van der Waals surface area contributed by atoms with Crippen LogP contribution in [-0.2, 0) is 7.05 Å². The van der Waals surface area contributed by atoms with Crippen LogP contribution in [0.15, 0.2) is 24.4 Å². The molecule has 1 amide bonds. The zero-order valence-corrected chi connectivity index (χ0v) is 11.3. The number of amides is 1.